The van der Waals surface area contributed by atoms with E-state index in [0.717, 1.165) is 25.8 Å². The Morgan fingerprint density at radius 2 is 0.862 bits per heavy atom. The van der Waals surface area contributed by atoms with Gasteiger partial charge in [-0.3, -0.25) is 4.79 Å². The van der Waals surface area contributed by atoms with Crippen LogP contribution in [0.3, 0.4) is 0 Å². The molecule has 5 N–H and O–H groups in total. The zero-order valence-electron chi connectivity index (χ0n) is 18.4. The third-order valence-electron chi connectivity index (χ3n) is 5.20. The molecule has 0 unspecified atom stereocenters. The maximum Gasteiger partial charge on any atom is 0.420 e. The van der Waals surface area contributed by atoms with Crippen LogP contribution in [0.25, 0.3) is 0 Å². The molecule has 0 aromatic heterocycles. The predicted octanol–water partition coefficient (Wildman–Crippen LogP) is 5.76. The average Bonchev–Trinajstić information content (AvgIpc) is 2.68. The summed E-state index contributed by atoms with van der Waals surface area (Å²) in [6, 6.07) is 0. The van der Waals surface area contributed by atoms with Crippen LogP contribution in [-0.4, -0.2) is 28.8 Å². The van der Waals surface area contributed by atoms with Gasteiger partial charge in [0.1, 0.15) is 0 Å². The van der Waals surface area contributed by atoms with Crippen LogP contribution in [-0.2, 0) is 4.79 Å². The van der Waals surface area contributed by atoms with Crippen LogP contribution in [0, 0.1) is 0 Å². The Bertz CT molecular complexity index is 347. The first-order valence-corrected chi connectivity index (χ1v) is 11.8. The molecule has 0 saturated heterocycles. The van der Waals surface area contributed by atoms with Gasteiger partial charge in [0.2, 0.25) is 0 Å². The number of rotatable bonds is 23. The summed E-state index contributed by atoms with van der Waals surface area (Å²) in [6.07, 6.45) is 21.9. The van der Waals surface area contributed by atoms with Gasteiger partial charge in [0, 0.05) is 13.0 Å². The number of nitrogens with one attached hydrogen (secondary N) is 3. The minimum Gasteiger partial charge on any atom is -0.481 e. The molecule has 0 aliphatic rings. The fraction of sp³-hybridized carbons (Fsp3) is 0.909. The quantitative estimate of drug-likeness (QED) is 0.107. The van der Waals surface area contributed by atoms with E-state index in [1.807, 2.05) is 5.43 Å². The van der Waals surface area contributed by atoms with Gasteiger partial charge in [-0.05, 0) is 12.8 Å². The smallest absolute Gasteiger partial charge is 0.420 e. The lowest BCUT2D eigenvalue weighted by atomic mass is 10.0. The Morgan fingerprint density at radius 3 is 1.21 bits per heavy atom. The summed E-state index contributed by atoms with van der Waals surface area (Å²) in [5.41, 5.74) is 7.30. The molecule has 0 aromatic carbocycles. The zero-order valence-corrected chi connectivity index (χ0v) is 18.4. The van der Waals surface area contributed by atoms with Crippen molar-refractivity contribution in [2.45, 2.75) is 122 Å². The summed E-state index contributed by atoms with van der Waals surface area (Å²) < 4.78 is 0. The molecule has 0 radical (unpaired) electrons. The molecule has 0 spiro atoms. The number of carbonyl (C=O) groups is 2. The molecule has 0 atom stereocenters. The first-order chi connectivity index (χ1) is 14.1. The van der Waals surface area contributed by atoms with Gasteiger partial charge in [-0.25, -0.2) is 15.6 Å². The van der Waals surface area contributed by atoms with Crippen molar-refractivity contribution < 1.29 is 19.8 Å². The van der Waals surface area contributed by atoms with Crippen LogP contribution in [0.1, 0.15) is 122 Å². The number of aliphatic carboxylic acids is 1. The lowest BCUT2D eigenvalue weighted by Crippen LogP contribution is -2.46. The van der Waals surface area contributed by atoms with Crippen molar-refractivity contribution in [1.82, 2.24) is 16.4 Å². The predicted molar refractivity (Wildman–Crippen MR) is 118 cm³/mol. The first-order valence-electron chi connectivity index (χ1n) is 11.8. The Balaban J connectivity index is 3.01. The molecule has 0 rings (SSSR count). The van der Waals surface area contributed by atoms with E-state index in [2.05, 4.69) is 11.0 Å². The fourth-order valence-electron chi connectivity index (χ4n) is 3.48. The van der Waals surface area contributed by atoms with E-state index in [0.29, 0.717) is 6.42 Å². The molecule has 29 heavy (non-hydrogen) atoms. The van der Waals surface area contributed by atoms with Crippen molar-refractivity contribution in [2.24, 2.45) is 0 Å². The molecular formula is C22H45N3O4. The second kappa shape index (κ2) is 22.9. The minimum absolute atomic E-state index is 0.325. The normalized spacial score (nSPS) is 10.9. The molecule has 0 aliphatic heterocycles. The topological polar surface area (TPSA) is 111 Å². The van der Waals surface area contributed by atoms with Crippen molar-refractivity contribution in [3.63, 3.8) is 0 Å². The van der Waals surface area contributed by atoms with Crippen LogP contribution in [0.2, 0.25) is 0 Å². The molecule has 7 heteroatoms. The van der Waals surface area contributed by atoms with Gasteiger partial charge in [0.15, 0.2) is 0 Å². The van der Waals surface area contributed by atoms with Crippen molar-refractivity contribution in [3.05, 3.63) is 0 Å². The van der Waals surface area contributed by atoms with Crippen molar-refractivity contribution in [3.8, 4) is 0 Å². The number of amides is 1. The van der Waals surface area contributed by atoms with Gasteiger partial charge < -0.3 is 10.2 Å². The summed E-state index contributed by atoms with van der Waals surface area (Å²) >= 11 is 0. The number of hydrogen-bond acceptors (Lipinski definition) is 4. The second-order valence-electron chi connectivity index (χ2n) is 7.99. The molecule has 0 aliphatic carbocycles. The van der Waals surface area contributed by atoms with Crippen LogP contribution in [0.15, 0.2) is 0 Å². The standard InChI is InChI=1S/C22H45N3O4/c26-21(27)19-17-15-13-11-9-7-5-3-1-2-4-6-8-10-12-14-16-18-20-23-25-24-22(28)29/h23-25H,1-20H2,(H,26,27)(H,28,29). The number of carboxylic acid groups (broad SMARTS) is 2. The zero-order chi connectivity index (χ0) is 21.4. The van der Waals surface area contributed by atoms with Crippen LogP contribution in [0.4, 0.5) is 4.79 Å². The number of carboxylic acids is 1. The average molecular weight is 416 g/mol. The lowest BCUT2D eigenvalue weighted by Gasteiger charge is -2.06. The van der Waals surface area contributed by atoms with Gasteiger partial charge in [0.05, 0.1) is 0 Å². The molecule has 7 nitrogen and oxygen atoms in total. The molecule has 0 bridgehead atoms. The molecule has 0 aromatic rings. The van der Waals surface area contributed by atoms with Crippen molar-refractivity contribution in [1.29, 1.82) is 0 Å². The third-order valence-corrected chi connectivity index (χ3v) is 5.20. The summed E-state index contributed by atoms with van der Waals surface area (Å²) in [4.78, 5) is 20.6. The lowest BCUT2D eigenvalue weighted by molar-refractivity contribution is -0.137. The van der Waals surface area contributed by atoms with Crippen LogP contribution >= 0.6 is 0 Å². The van der Waals surface area contributed by atoms with Gasteiger partial charge in [0.25, 0.3) is 0 Å². The van der Waals surface area contributed by atoms with Gasteiger partial charge in [-0.1, -0.05) is 103 Å². The van der Waals surface area contributed by atoms with E-state index in [1.54, 1.807) is 0 Å². The van der Waals surface area contributed by atoms with Crippen LogP contribution < -0.4 is 16.4 Å². The van der Waals surface area contributed by atoms with E-state index in [4.69, 9.17) is 10.2 Å². The summed E-state index contributed by atoms with van der Waals surface area (Å²) in [6.45, 7) is 0.771. The van der Waals surface area contributed by atoms with E-state index < -0.39 is 12.1 Å². The molecule has 0 fully saturated rings. The summed E-state index contributed by atoms with van der Waals surface area (Å²) in [7, 11) is 0. The van der Waals surface area contributed by atoms with E-state index in [9.17, 15) is 9.59 Å². The number of unbranched alkanes of at least 4 members (excludes halogenated alkanes) is 17. The Morgan fingerprint density at radius 1 is 0.517 bits per heavy atom. The Kier molecular flexibility index (Phi) is 21.9. The maximum absolute atomic E-state index is 10.4. The van der Waals surface area contributed by atoms with Gasteiger partial charge >= 0.3 is 12.1 Å². The van der Waals surface area contributed by atoms with E-state index >= 15 is 0 Å². The summed E-state index contributed by atoms with van der Waals surface area (Å²) in [5.74, 6) is -0.669. The number of hydrazine groups is 2. The van der Waals surface area contributed by atoms with E-state index in [1.165, 1.54) is 96.3 Å². The Labute approximate surface area is 177 Å². The SMILES string of the molecule is O=C(O)CCCCCCCCCCCCCCCCCCCCNNNC(=O)O. The molecule has 0 heterocycles. The maximum atomic E-state index is 10.4. The number of hydrogen-bond donors (Lipinski definition) is 5. The van der Waals surface area contributed by atoms with Gasteiger partial charge in [-0.2, -0.15) is 5.53 Å². The molecule has 1 amide bonds. The minimum atomic E-state index is -1.09. The highest BCUT2D eigenvalue weighted by Gasteiger charge is 1.97. The van der Waals surface area contributed by atoms with Crippen molar-refractivity contribution in [2.75, 3.05) is 6.54 Å². The fourth-order valence-corrected chi connectivity index (χ4v) is 3.48. The summed E-state index contributed by atoms with van der Waals surface area (Å²) in [5, 5.41) is 16.9. The third kappa shape index (κ3) is 26.7. The van der Waals surface area contributed by atoms with E-state index in [-0.39, 0.29) is 0 Å². The van der Waals surface area contributed by atoms with Crippen molar-refractivity contribution >= 4 is 12.1 Å². The highest BCUT2D eigenvalue weighted by Crippen LogP contribution is 2.14. The largest absolute Gasteiger partial charge is 0.481 e. The van der Waals surface area contributed by atoms with Crippen LogP contribution in [0.5, 0.6) is 0 Å². The molecular weight excluding hydrogens is 370 g/mol. The first kappa shape index (κ1) is 27.7. The highest BCUT2D eigenvalue weighted by atomic mass is 16.4. The second-order valence-corrected chi connectivity index (χ2v) is 7.99. The molecule has 172 valence electrons. The molecule has 0 saturated carbocycles. The van der Waals surface area contributed by atoms with Gasteiger partial charge in [-0.15, -0.1) is 0 Å². The monoisotopic (exact) mass is 415 g/mol. The highest BCUT2D eigenvalue weighted by molar-refractivity contribution is 5.66. The Hall–Kier alpha value is -1.34.